The first-order valence-electron chi connectivity index (χ1n) is 7.38. The number of rotatable bonds is 5. The maximum Gasteiger partial charge on any atom is 0.127 e. The Balaban J connectivity index is 1.88. The zero-order valence-corrected chi connectivity index (χ0v) is 11.2. The fourth-order valence-electron chi connectivity index (χ4n) is 2.92. The summed E-state index contributed by atoms with van der Waals surface area (Å²) in [7, 11) is 0. The second kappa shape index (κ2) is 5.31. The van der Waals surface area contributed by atoms with Crippen molar-refractivity contribution in [2.24, 2.45) is 5.92 Å². The summed E-state index contributed by atoms with van der Waals surface area (Å²) in [6.45, 7) is 4.22. The van der Waals surface area contributed by atoms with Crippen molar-refractivity contribution < 1.29 is 4.74 Å². The van der Waals surface area contributed by atoms with Gasteiger partial charge in [0.25, 0.3) is 0 Å². The standard InChI is InChI=1S/C16H23NO/c1-2-10-17-15(12-8-9-12)14-7-3-5-13-6-4-11-18-16(13)14/h3,5,7,12,15,17H,2,4,6,8-11H2,1H3. The van der Waals surface area contributed by atoms with Crippen molar-refractivity contribution in [3.05, 3.63) is 29.3 Å². The highest BCUT2D eigenvalue weighted by Crippen LogP contribution is 2.45. The molecule has 1 aliphatic carbocycles. The molecule has 98 valence electrons. The maximum atomic E-state index is 5.95. The molecule has 3 rings (SSSR count). The summed E-state index contributed by atoms with van der Waals surface area (Å²) in [5.74, 6) is 2.01. The Kier molecular flexibility index (Phi) is 3.55. The highest BCUT2D eigenvalue weighted by molar-refractivity contribution is 5.45. The molecule has 1 aromatic rings. The van der Waals surface area contributed by atoms with Gasteiger partial charge in [0, 0.05) is 11.6 Å². The molecule has 0 spiro atoms. The summed E-state index contributed by atoms with van der Waals surface area (Å²) in [6, 6.07) is 7.20. The Labute approximate surface area is 110 Å². The predicted octanol–water partition coefficient (Wildman–Crippen LogP) is 3.46. The average Bonchev–Trinajstić information content (AvgIpc) is 3.24. The van der Waals surface area contributed by atoms with Crippen LogP contribution in [-0.2, 0) is 6.42 Å². The molecule has 1 N–H and O–H groups in total. The van der Waals surface area contributed by atoms with E-state index in [0.29, 0.717) is 6.04 Å². The zero-order valence-electron chi connectivity index (χ0n) is 11.2. The van der Waals surface area contributed by atoms with Gasteiger partial charge < -0.3 is 10.1 Å². The topological polar surface area (TPSA) is 21.3 Å². The highest BCUT2D eigenvalue weighted by atomic mass is 16.5. The van der Waals surface area contributed by atoms with Crippen LogP contribution in [-0.4, -0.2) is 13.2 Å². The van der Waals surface area contributed by atoms with E-state index in [4.69, 9.17) is 4.74 Å². The van der Waals surface area contributed by atoms with E-state index in [0.717, 1.165) is 25.5 Å². The third-order valence-corrected chi connectivity index (χ3v) is 4.01. The molecule has 18 heavy (non-hydrogen) atoms. The largest absolute Gasteiger partial charge is 0.493 e. The van der Waals surface area contributed by atoms with Crippen LogP contribution in [0.15, 0.2) is 18.2 Å². The van der Waals surface area contributed by atoms with Gasteiger partial charge in [0.15, 0.2) is 0 Å². The van der Waals surface area contributed by atoms with Crippen molar-refractivity contribution in [3.8, 4) is 5.75 Å². The summed E-state index contributed by atoms with van der Waals surface area (Å²) >= 11 is 0. The van der Waals surface area contributed by atoms with Gasteiger partial charge in [-0.2, -0.15) is 0 Å². The van der Waals surface area contributed by atoms with E-state index < -0.39 is 0 Å². The van der Waals surface area contributed by atoms with Gasteiger partial charge in [-0.05, 0) is 50.1 Å². The smallest absolute Gasteiger partial charge is 0.127 e. The van der Waals surface area contributed by atoms with Crippen LogP contribution in [0.4, 0.5) is 0 Å². The van der Waals surface area contributed by atoms with Gasteiger partial charge in [-0.3, -0.25) is 0 Å². The van der Waals surface area contributed by atoms with Crippen LogP contribution in [0.5, 0.6) is 5.75 Å². The number of benzene rings is 1. The molecular formula is C16H23NO. The Morgan fingerprint density at radius 3 is 3.06 bits per heavy atom. The minimum absolute atomic E-state index is 0.512. The second-order valence-corrected chi connectivity index (χ2v) is 5.56. The lowest BCUT2D eigenvalue weighted by Crippen LogP contribution is -2.25. The fourth-order valence-corrected chi connectivity index (χ4v) is 2.92. The molecule has 2 heteroatoms. The number of hydrogen-bond acceptors (Lipinski definition) is 2. The fraction of sp³-hybridized carbons (Fsp3) is 0.625. The first-order chi connectivity index (χ1) is 8.90. The van der Waals surface area contributed by atoms with Crippen LogP contribution < -0.4 is 10.1 Å². The molecule has 1 heterocycles. The van der Waals surface area contributed by atoms with E-state index in [1.165, 1.54) is 42.6 Å². The van der Waals surface area contributed by atoms with Crippen LogP contribution in [0.2, 0.25) is 0 Å². The van der Waals surface area contributed by atoms with Gasteiger partial charge in [-0.1, -0.05) is 25.1 Å². The normalized spacial score (nSPS) is 20.1. The maximum absolute atomic E-state index is 5.95. The molecule has 0 aromatic heterocycles. The Morgan fingerprint density at radius 1 is 1.39 bits per heavy atom. The van der Waals surface area contributed by atoms with Gasteiger partial charge in [-0.15, -0.1) is 0 Å². The van der Waals surface area contributed by atoms with Gasteiger partial charge >= 0.3 is 0 Å². The number of hydrogen-bond donors (Lipinski definition) is 1. The van der Waals surface area contributed by atoms with Gasteiger partial charge in [0.05, 0.1) is 6.61 Å². The van der Waals surface area contributed by atoms with E-state index in [9.17, 15) is 0 Å². The first kappa shape index (κ1) is 12.0. The van der Waals surface area contributed by atoms with Gasteiger partial charge in [0.1, 0.15) is 5.75 Å². The second-order valence-electron chi connectivity index (χ2n) is 5.56. The minimum Gasteiger partial charge on any atom is -0.493 e. The Hall–Kier alpha value is -1.02. The molecule has 1 atom stereocenters. The molecule has 0 bridgehead atoms. The lowest BCUT2D eigenvalue weighted by molar-refractivity contribution is 0.280. The van der Waals surface area contributed by atoms with Crippen LogP contribution in [0.3, 0.4) is 0 Å². The van der Waals surface area contributed by atoms with Crippen LogP contribution in [0, 0.1) is 5.92 Å². The number of ether oxygens (including phenoxy) is 1. The monoisotopic (exact) mass is 245 g/mol. The minimum atomic E-state index is 0.512. The lowest BCUT2D eigenvalue weighted by atomic mass is 9.95. The summed E-state index contributed by atoms with van der Waals surface area (Å²) in [4.78, 5) is 0. The highest BCUT2D eigenvalue weighted by Gasteiger charge is 2.34. The molecule has 1 aliphatic heterocycles. The molecular weight excluding hydrogens is 222 g/mol. The number of para-hydroxylation sites is 1. The van der Waals surface area contributed by atoms with Gasteiger partial charge in [-0.25, -0.2) is 0 Å². The van der Waals surface area contributed by atoms with E-state index in [-0.39, 0.29) is 0 Å². The van der Waals surface area contributed by atoms with Crippen molar-refractivity contribution in [3.63, 3.8) is 0 Å². The van der Waals surface area contributed by atoms with Crippen LogP contribution >= 0.6 is 0 Å². The lowest BCUT2D eigenvalue weighted by Gasteiger charge is -2.26. The Morgan fingerprint density at radius 2 is 2.28 bits per heavy atom. The molecule has 1 unspecified atom stereocenters. The van der Waals surface area contributed by atoms with E-state index in [1.807, 2.05) is 0 Å². The molecule has 1 aromatic carbocycles. The molecule has 2 nitrogen and oxygen atoms in total. The van der Waals surface area contributed by atoms with Crippen molar-refractivity contribution >= 4 is 0 Å². The quantitative estimate of drug-likeness (QED) is 0.857. The third kappa shape index (κ3) is 2.39. The number of fused-ring (bicyclic) bond motifs is 1. The van der Waals surface area contributed by atoms with Crippen LogP contribution in [0.25, 0.3) is 0 Å². The van der Waals surface area contributed by atoms with E-state index in [2.05, 4.69) is 30.4 Å². The summed E-state index contributed by atoms with van der Waals surface area (Å²) in [5, 5.41) is 3.72. The predicted molar refractivity (Wildman–Crippen MR) is 74.0 cm³/mol. The van der Waals surface area contributed by atoms with E-state index in [1.54, 1.807) is 0 Å². The SMILES string of the molecule is CCCNC(c1cccc2c1OCCC2)C1CC1. The summed E-state index contributed by atoms with van der Waals surface area (Å²) < 4.78 is 5.95. The number of nitrogens with one attached hydrogen (secondary N) is 1. The van der Waals surface area contributed by atoms with Crippen molar-refractivity contribution in [2.75, 3.05) is 13.2 Å². The molecule has 1 saturated carbocycles. The van der Waals surface area contributed by atoms with Crippen LogP contribution in [0.1, 0.15) is 49.8 Å². The van der Waals surface area contributed by atoms with E-state index >= 15 is 0 Å². The summed E-state index contributed by atoms with van der Waals surface area (Å²) in [5.41, 5.74) is 2.81. The molecule has 2 aliphatic rings. The number of aryl methyl sites for hydroxylation is 1. The van der Waals surface area contributed by atoms with Crippen molar-refractivity contribution in [1.29, 1.82) is 0 Å². The third-order valence-electron chi connectivity index (χ3n) is 4.01. The first-order valence-corrected chi connectivity index (χ1v) is 7.38. The molecule has 0 saturated heterocycles. The average molecular weight is 245 g/mol. The summed E-state index contributed by atoms with van der Waals surface area (Å²) in [6.07, 6.45) is 6.26. The van der Waals surface area contributed by atoms with Crippen molar-refractivity contribution in [1.82, 2.24) is 5.32 Å². The van der Waals surface area contributed by atoms with Gasteiger partial charge in [0.2, 0.25) is 0 Å². The molecule has 0 radical (unpaired) electrons. The molecule has 1 fully saturated rings. The molecule has 0 amide bonds. The Bertz CT molecular complexity index is 412. The zero-order chi connectivity index (χ0) is 12.4. The van der Waals surface area contributed by atoms with Crippen molar-refractivity contribution in [2.45, 2.75) is 45.1 Å².